The monoisotopic (exact) mass is 257 g/mol. The third-order valence-corrected chi connectivity index (χ3v) is 5.26. The summed E-state index contributed by atoms with van der Waals surface area (Å²) in [6.45, 7) is 7.71. The zero-order chi connectivity index (χ0) is 13.8. The van der Waals surface area contributed by atoms with E-state index in [0.29, 0.717) is 19.6 Å². The molecule has 0 aromatic heterocycles. The summed E-state index contributed by atoms with van der Waals surface area (Å²) in [5, 5.41) is 10.8. The zero-order valence-electron chi connectivity index (χ0n) is 12.5. The number of ether oxygens (including phenoxy) is 1. The smallest absolute Gasteiger partial charge is 0.0709 e. The molecule has 0 radical (unpaired) electrons. The Kier molecular flexibility index (Phi) is 5.63. The van der Waals surface area contributed by atoms with Crippen molar-refractivity contribution in [2.45, 2.75) is 58.5 Å². The van der Waals surface area contributed by atoms with Crippen LogP contribution in [0.3, 0.4) is 0 Å². The van der Waals surface area contributed by atoms with E-state index in [1.54, 1.807) is 7.11 Å². The lowest BCUT2D eigenvalue weighted by atomic mass is 9.60. The standard InChI is InChI=1S/C15H31NO2/c1-12(2)13-5-7-15(11-16,8-6-13)14(3,17)9-10-18-4/h12-13,17H,5-11,16H2,1-4H3. The predicted molar refractivity (Wildman–Crippen MR) is 75.4 cm³/mol. The molecule has 1 fully saturated rings. The van der Waals surface area contributed by atoms with E-state index in [1.807, 2.05) is 6.92 Å². The number of methoxy groups -OCH3 is 1. The van der Waals surface area contributed by atoms with Crippen LogP contribution >= 0.6 is 0 Å². The summed E-state index contributed by atoms with van der Waals surface area (Å²) in [7, 11) is 1.68. The van der Waals surface area contributed by atoms with Gasteiger partial charge in [0.2, 0.25) is 0 Å². The predicted octanol–water partition coefficient (Wildman–Crippen LogP) is 2.57. The average molecular weight is 257 g/mol. The molecule has 1 rings (SSSR count). The first-order chi connectivity index (χ1) is 8.38. The minimum Gasteiger partial charge on any atom is -0.389 e. The van der Waals surface area contributed by atoms with Gasteiger partial charge < -0.3 is 15.6 Å². The Balaban J connectivity index is 2.70. The molecule has 0 spiro atoms. The van der Waals surface area contributed by atoms with E-state index < -0.39 is 5.60 Å². The summed E-state index contributed by atoms with van der Waals surface area (Å²) >= 11 is 0. The highest BCUT2D eigenvalue weighted by Gasteiger charge is 2.47. The number of hydrogen-bond donors (Lipinski definition) is 2. The van der Waals surface area contributed by atoms with Crippen molar-refractivity contribution < 1.29 is 9.84 Å². The van der Waals surface area contributed by atoms with Crippen LogP contribution in [0.15, 0.2) is 0 Å². The molecule has 0 aromatic rings. The molecule has 0 amide bonds. The second-order valence-electron chi connectivity index (χ2n) is 6.58. The van der Waals surface area contributed by atoms with E-state index in [9.17, 15) is 5.11 Å². The van der Waals surface area contributed by atoms with E-state index in [1.165, 1.54) is 12.8 Å². The maximum absolute atomic E-state index is 10.8. The first kappa shape index (κ1) is 15.9. The lowest BCUT2D eigenvalue weighted by molar-refractivity contribution is -0.107. The van der Waals surface area contributed by atoms with Gasteiger partial charge in [0.1, 0.15) is 0 Å². The third-order valence-electron chi connectivity index (χ3n) is 5.26. The van der Waals surface area contributed by atoms with E-state index >= 15 is 0 Å². The number of rotatable bonds is 6. The molecule has 0 aromatic carbocycles. The molecule has 1 saturated carbocycles. The van der Waals surface area contributed by atoms with Crippen LogP contribution in [-0.2, 0) is 4.74 Å². The number of aliphatic hydroxyl groups is 1. The summed E-state index contributed by atoms with van der Waals surface area (Å²) in [6, 6.07) is 0. The molecule has 3 nitrogen and oxygen atoms in total. The quantitative estimate of drug-likeness (QED) is 0.769. The molecule has 1 aliphatic rings. The van der Waals surface area contributed by atoms with Gasteiger partial charge in [-0.3, -0.25) is 0 Å². The highest BCUT2D eigenvalue weighted by molar-refractivity contribution is 4.99. The summed E-state index contributed by atoms with van der Waals surface area (Å²) in [6.07, 6.45) is 5.15. The molecule has 0 bridgehead atoms. The van der Waals surface area contributed by atoms with Gasteiger partial charge in [0.25, 0.3) is 0 Å². The second kappa shape index (κ2) is 6.36. The van der Waals surface area contributed by atoms with Crippen molar-refractivity contribution in [3.8, 4) is 0 Å². The van der Waals surface area contributed by atoms with Crippen LogP contribution < -0.4 is 5.73 Å². The molecule has 18 heavy (non-hydrogen) atoms. The summed E-state index contributed by atoms with van der Waals surface area (Å²) in [4.78, 5) is 0. The fourth-order valence-electron chi connectivity index (χ4n) is 3.39. The highest BCUT2D eigenvalue weighted by Crippen LogP contribution is 2.48. The average Bonchev–Trinajstić information content (AvgIpc) is 2.36. The topological polar surface area (TPSA) is 55.5 Å². The Morgan fingerprint density at radius 3 is 2.33 bits per heavy atom. The summed E-state index contributed by atoms with van der Waals surface area (Å²) in [5.41, 5.74) is 5.19. The SMILES string of the molecule is COCCC(C)(O)C1(CN)CCC(C(C)C)CC1. The van der Waals surface area contributed by atoms with Crippen LogP contribution in [0.1, 0.15) is 52.9 Å². The van der Waals surface area contributed by atoms with Gasteiger partial charge in [0.05, 0.1) is 5.60 Å². The molecule has 0 aliphatic heterocycles. The maximum atomic E-state index is 10.8. The van der Waals surface area contributed by atoms with Gasteiger partial charge in [-0.25, -0.2) is 0 Å². The van der Waals surface area contributed by atoms with Gasteiger partial charge in [-0.05, 0) is 50.9 Å². The lowest BCUT2D eigenvalue weighted by Gasteiger charge is -2.49. The molecular weight excluding hydrogens is 226 g/mol. The molecule has 1 atom stereocenters. The van der Waals surface area contributed by atoms with Crippen molar-refractivity contribution >= 4 is 0 Å². The van der Waals surface area contributed by atoms with E-state index in [-0.39, 0.29) is 5.41 Å². The Bertz CT molecular complexity index is 243. The van der Waals surface area contributed by atoms with Crippen LogP contribution in [0.25, 0.3) is 0 Å². The van der Waals surface area contributed by atoms with Crippen LogP contribution in [0.5, 0.6) is 0 Å². The fraction of sp³-hybridized carbons (Fsp3) is 1.00. The van der Waals surface area contributed by atoms with E-state index in [2.05, 4.69) is 13.8 Å². The van der Waals surface area contributed by atoms with Crippen molar-refractivity contribution in [2.24, 2.45) is 23.0 Å². The van der Waals surface area contributed by atoms with E-state index in [0.717, 1.165) is 24.7 Å². The fourth-order valence-corrected chi connectivity index (χ4v) is 3.39. The molecular formula is C15H31NO2. The normalized spacial score (nSPS) is 32.5. The first-order valence-electron chi connectivity index (χ1n) is 7.30. The van der Waals surface area contributed by atoms with Gasteiger partial charge in [-0.15, -0.1) is 0 Å². The molecule has 3 heteroatoms. The van der Waals surface area contributed by atoms with Crippen molar-refractivity contribution in [3.63, 3.8) is 0 Å². The maximum Gasteiger partial charge on any atom is 0.0709 e. The van der Waals surface area contributed by atoms with Crippen LogP contribution in [-0.4, -0.2) is 31.0 Å². The molecule has 3 N–H and O–H groups in total. The van der Waals surface area contributed by atoms with Crippen molar-refractivity contribution in [2.75, 3.05) is 20.3 Å². The molecule has 0 saturated heterocycles. The molecule has 1 aliphatic carbocycles. The number of hydrogen-bond acceptors (Lipinski definition) is 3. The Morgan fingerprint density at radius 1 is 1.39 bits per heavy atom. The first-order valence-corrected chi connectivity index (χ1v) is 7.30. The Morgan fingerprint density at radius 2 is 1.94 bits per heavy atom. The van der Waals surface area contributed by atoms with Gasteiger partial charge in [-0.2, -0.15) is 0 Å². The minimum atomic E-state index is -0.709. The minimum absolute atomic E-state index is 0.114. The summed E-state index contributed by atoms with van der Waals surface area (Å²) < 4.78 is 5.12. The van der Waals surface area contributed by atoms with Crippen LogP contribution in [0, 0.1) is 17.3 Å². The Hall–Kier alpha value is -0.120. The van der Waals surface area contributed by atoms with E-state index in [4.69, 9.17) is 10.5 Å². The van der Waals surface area contributed by atoms with Crippen molar-refractivity contribution in [1.29, 1.82) is 0 Å². The molecule has 108 valence electrons. The van der Waals surface area contributed by atoms with Gasteiger partial charge in [0, 0.05) is 25.7 Å². The van der Waals surface area contributed by atoms with Gasteiger partial charge in [0.15, 0.2) is 0 Å². The number of nitrogens with two attached hydrogens (primary N) is 1. The van der Waals surface area contributed by atoms with Gasteiger partial charge >= 0.3 is 0 Å². The second-order valence-corrected chi connectivity index (χ2v) is 6.58. The van der Waals surface area contributed by atoms with Gasteiger partial charge in [-0.1, -0.05) is 13.8 Å². The zero-order valence-corrected chi connectivity index (χ0v) is 12.5. The van der Waals surface area contributed by atoms with Crippen molar-refractivity contribution in [3.05, 3.63) is 0 Å². The summed E-state index contributed by atoms with van der Waals surface area (Å²) in [5.74, 6) is 1.53. The lowest BCUT2D eigenvalue weighted by Crippen LogP contribution is -2.53. The van der Waals surface area contributed by atoms with Crippen LogP contribution in [0.4, 0.5) is 0 Å². The highest BCUT2D eigenvalue weighted by atomic mass is 16.5. The third kappa shape index (κ3) is 3.25. The largest absolute Gasteiger partial charge is 0.389 e. The Labute approximate surface area is 112 Å². The molecule has 1 unspecified atom stereocenters. The van der Waals surface area contributed by atoms with Crippen LogP contribution in [0.2, 0.25) is 0 Å². The van der Waals surface area contributed by atoms with Crippen molar-refractivity contribution in [1.82, 2.24) is 0 Å². The molecule has 0 heterocycles.